The molecule has 3 aromatic carbocycles. The highest BCUT2D eigenvalue weighted by Gasteiger charge is 2.20. The van der Waals surface area contributed by atoms with Gasteiger partial charge in [0, 0.05) is 6.20 Å². The molecule has 0 aliphatic heterocycles. The van der Waals surface area contributed by atoms with Crippen LogP contribution in [0.4, 0.5) is 0 Å². The molecule has 1 unspecified atom stereocenters. The molecule has 0 saturated heterocycles. The van der Waals surface area contributed by atoms with Gasteiger partial charge in [-0.05, 0) is 71.7 Å². The Kier molecular flexibility index (Phi) is 8.38. The van der Waals surface area contributed by atoms with Crippen molar-refractivity contribution >= 4 is 24.0 Å². The number of carbonyl (C=O) groups is 2. The maximum absolute atomic E-state index is 12.9. The predicted octanol–water partition coefficient (Wildman–Crippen LogP) is 1.15. The lowest BCUT2D eigenvalue weighted by Gasteiger charge is -2.15. The second-order valence-corrected chi connectivity index (χ2v) is 8.30. The zero-order valence-electron chi connectivity index (χ0n) is 20.0. The van der Waals surface area contributed by atoms with Crippen LogP contribution >= 0.6 is 0 Å². The van der Waals surface area contributed by atoms with Crippen LogP contribution in [-0.2, 0) is 16.0 Å². The lowest BCUT2D eigenvalue weighted by Crippen LogP contribution is -2.44. The fourth-order valence-electron chi connectivity index (χ4n) is 3.31. The quantitative estimate of drug-likeness (QED) is 0.143. The van der Waals surface area contributed by atoms with E-state index in [0.29, 0.717) is 5.56 Å². The summed E-state index contributed by atoms with van der Waals surface area (Å²) < 4.78 is 0. The van der Waals surface area contributed by atoms with Gasteiger partial charge < -0.3 is 57.2 Å². The summed E-state index contributed by atoms with van der Waals surface area (Å²) in [6.07, 6.45) is 3.37. The summed E-state index contributed by atoms with van der Waals surface area (Å²) in [5.41, 5.74) is 6.19. The topological polar surface area (TPSA) is 246 Å². The van der Waals surface area contributed by atoms with E-state index in [1.165, 1.54) is 24.3 Å². The monoisotopic (exact) mass is 539 g/mol. The van der Waals surface area contributed by atoms with E-state index in [1.807, 2.05) is 0 Å². The molecule has 0 fully saturated rings. The van der Waals surface area contributed by atoms with E-state index in [4.69, 9.17) is 5.73 Å². The molecule has 0 heterocycles. The van der Waals surface area contributed by atoms with Crippen LogP contribution < -0.4 is 16.4 Å². The number of rotatable bonds is 8. The van der Waals surface area contributed by atoms with Gasteiger partial charge in [0.25, 0.3) is 5.91 Å². The number of nitrogens with one attached hydrogen (secondary N) is 2. The first-order chi connectivity index (χ1) is 18.3. The number of phenols is 8. The molecule has 12 N–H and O–H groups in total. The second-order valence-electron chi connectivity index (χ2n) is 8.30. The van der Waals surface area contributed by atoms with Gasteiger partial charge >= 0.3 is 0 Å². The summed E-state index contributed by atoms with van der Waals surface area (Å²) in [5, 5.41) is 81.6. The Morgan fingerprint density at radius 1 is 0.744 bits per heavy atom. The maximum Gasteiger partial charge on any atom is 0.271 e. The highest BCUT2D eigenvalue weighted by atomic mass is 16.3. The SMILES string of the molecule is NC(Cc1ccc(O)c(O)c1)C(=O)N/C(=C/c1cc(O)c(O)c(O)c1)C(=O)N/C=C/c1cc(O)c(O)c(O)c1. The number of aromatic hydroxyl groups is 8. The molecule has 3 aromatic rings. The van der Waals surface area contributed by atoms with Gasteiger partial charge in [0.2, 0.25) is 5.91 Å². The lowest BCUT2D eigenvalue weighted by atomic mass is 10.0. The lowest BCUT2D eigenvalue weighted by molar-refractivity contribution is -0.124. The molecule has 0 aliphatic carbocycles. The van der Waals surface area contributed by atoms with Gasteiger partial charge in [-0.3, -0.25) is 9.59 Å². The van der Waals surface area contributed by atoms with Crippen molar-refractivity contribution < 1.29 is 50.4 Å². The minimum atomic E-state index is -1.22. The van der Waals surface area contributed by atoms with Crippen molar-refractivity contribution in [3.05, 3.63) is 71.1 Å². The third kappa shape index (κ3) is 7.02. The van der Waals surface area contributed by atoms with Crippen molar-refractivity contribution in [3.8, 4) is 46.0 Å². The maximum atomic E-state index is 12.9. The van der Waals surface area contributed by atoms with Crippen LogP contribution in [0.2, 0.25) is 0 Å². The molecule has 0 radical (unpaired) electrons. The standard InChI is InChI=1S/C26H25N3O10/c27-15(5-12-1-2-17(30)18(31)7-12)25(38)29-16(6-14-10-21(34)24(37)22(35)11-14)26(39)28-4-3-13-8-19(32)23(36)20(33)9-13/h1-4,6-11,15,30-37H,5,27H2,(H,28,39)(H,29,38)/b4-3+,16-6+. The van der Waals surface area contributed by atoms with Crippen LogP contribution in [0.1, 0.15) is 16.7 Å². The smallest absolute Gasteiger partial charge is 0.271 e. The van der Waals surface area contributed by atoms with Crippen LogP contribution in [0, 0.1) is 0 Å². The first-order valence-corrected chi connectivity index (χ1v) is 11.1. The first kappa shape index (κ1) is 28.0. The fourth-order valence-corrected chi connectivity index (χ4v) is 3.31. The average molecular weight is 539 g/mol. The molecular formula is C26H25N3O10. The van der Waals surface area contributed by atoms with Crippen LogP contribution in [-0.4, -0.2) is 58.7 Å². The Balaban J connectivity index is 1.84. The average Bonchev–Trinajstić information content (AvgIpc) is 2.87. The molecule has 0 bridgehead atoms. The molecule has 204 valence electrons. The molecule has 2 amide bonds. The van der Waals surface area contributed by atoms with Crippen LogP contribution in [0.5, 0.6) is 46.0 Å². The minimum absolute atomic E-state index is 0.0163. The van der Waals surface area contributed by atoms with Crippen LogP contribution in [0.25, 0.3) is 12.2 Å². The number of phenolic OH excluding ortho intramolecular Hbond substituents is 8. The van der Waals surface area contributed by atoms with E-state index in [-0.39, 0.29) is 23.3 Å². The Labute approximate surface area is 220 Å². The fraction of sp³-hybridized carbons (Fsp3) is 0.0769. The van der Waals surface area contributed by atoms with E-state index < -0.39 is 63.8 Å². The summed E-state index contributed by atoms with van der Waals surface area (Å²) >= 11 is 0. The zero-order valence-corrected chi connectivity index (χ0v) is 20.0. The van der Waals surface area contributed by atoms with Crippen molar-refractivity contribution in [2.24, 2.45) is 5.73 Å². The van der Waals surface area contributed by atoms with Gasteiger partial charge in [-0.2, -0.15) is 0 Å². The van der Waals surface area contributed by atoms with E-state index in [0.717, 1.165) is 36.5 Å². The molecular weight excluding hydrogens is 514 g/mol. The third-order valence-corrected chi connectivity index (χ3v) is 5.32. The predicted molar refractivity (Wildman–Crippen MR) is 138 cm³/mol. The highest BCUT2D eigenvalue weighted by molar-refractivity contribution is 6.02. The summed E-state index contributed by atoms with van der Waals surface area (Å²) in [7, 11) is 0. The Hall–Kier alpha value is -5.56. The molecule has 0 aliphatic rings. The summed E-state index contributed by atoms with van der Waals surface area (Å²) in [4.78, 5) is 25.7. The largest absolute Gasteiger partial charge is 0.504 e. The number of hydrogen-bond acceptors (Lipinski definition) is 11. The van der Waals surface area contributed by atoms with Gasteiger partial charge in [-0.25, -0.2) is 0 Å². The molecule has 0 aromatic heterocycles. The van der Waals surface area contributed by atoms with E-state index in [9.17, 15) is 50.4 Å². The Morgan fingerprint density at radius 3 is 1.82 bits per heavy atom. The van der Waals surface area contributed by atoms with Crippen molar-refractivity contribution in [3.63, 3.8) is 0 Å². The number of nitrogens with two attached hydrogens (primary N) is 1. The molecule has 0 spiro atoms. The van der Waals surface area contributed by atoms with E-state index in [1.54, 1.807) is 0 Å². The zero-order chi connectivity index (χ0) is 28.9. The minimum Gasteiger partial charge on any atom is -0.504 e. The van der Waals surface area contributed by atoms with Crippen LogP contribution in [0.3, 0.4) is 0 Å². The number of benzene rings is 3. The third-order valence-electron chi connectivity index (χ3n) is 5.32. The normalized spacial score (nSPS) is 12.3. The van der Waals surface area contributed by atoms with Gasteiger partial charge in [0.1, 0.15) is 5.70 Å². The number of amides is 2. The van der Waals surface area contributed by atoms with Crippen molar-refractivity contribution in [2.75, 3.05) is 0 Å². The molecule has 39 heavy (non-hydrogen) atoms. The van der Waals surface area contributed by atoms with Crippen molar-refractivity contribution in [1.29, 1.82) is 0 Å². The number of hydrogen-bond donors (Lipinski definition) is 11. The molecule has 0 saturated carbocycles. The summed E-state index contributed by atoms with van der Waals surface area (Å²) in [5.74, 6) is -6.58. The molecule has 1 atom stereocenters. The Bertz CT molecular complexity index is 1440. The highest BCUT2D eigenvalue weighted by Crippen LogP contribution is 2.36. The second kappa shape index (κ2) is 11.7. The first-order valence-electron chi connectivity index (χ1n) is 11.1. The summed E-state index contributed by atoms with van der Waals surface area (Å²) in [6, 6.07) is 6.92. The number of carbonyl (C=O) groups excluding carboxylic acids is 2. The van der Waals surface area contributed by atoms with Crippen LogP contribution in [0.15, 0.2) is 54.4 Å². The van der Waals surface area contributed by atoms with Gasteiger partial charge in [-0.15, -0.1) is 0 Å². The molecule has 13 heteroatoms. The van der Waals surface area contributed by atoms with E-state index >= 15 is 0 Å². The molecule has 3 rings (SSSR count). The van der Waals surface area contributed by atoms with Gasteiger partial charge in [0.05, 0.1) is 6.04 Å². The summed E-state index contributed by atoms with van der Waals surface area (Å²) in [6.45, 7) is 0. The van der Waals surface area contributed by atoms with E-state index in [2.05, 4.69) is 10.6 Å². The van der Waals surface area contributed by atoms with Crippen molar-refractivity contribution in [1.82, 2.24) is 10.6 Å². The van der Waals surface area contributed by atoms with Gasteiger partial charge in [-0.1, -0.05) is 6.07 Å². The van der Waals surface area contributed by atoms with Gasteiger partial charge in [0.15, 0.2) is 46.0 Å². The van der Waals surface area contributed by atoms with Crippen molar-refractivity contribution in [2.45, 2.75) is 12.5 Å². The molecule has 13 nitrogen and oxygen atoms in total. The Morgan fingerprint density at radius 2 is 1.28 bits per heavy atom.